The number of fused-ring (bicyclic) bond motifs is 1. The van der Waals surface area contributed by atoms with E-state index >= 15 is 0 Å². The molecule has 3 rings (SSSR count). The maximum Gasteiger partial charge on any atom is 0.123 e. The van der Waals surface area contributed by atoms with Crippen LogP contribution in [0.3, 0.4) is 0 Å². The molecular formula is C14H11IN4. The van der Waals surface area contributed by atoms with Crippen LogP contribution in [0.15, 0.2) is 48.8 Å². The summed E-state index contributed by atoms with van der Waals surface area (Å²) in [5, 5.41) is 14.0. The van der Waals surface area contributed by atoms with Crippen LogP contribution in [-0.2, 0) is 0 Å². The molecule has 0 aliphatic rings. The molecule has 0 bridgehead atoms. The van der Waals surface area contributed by atoms with Gasteiger partial charge in [0.15, 0.2) is 0 Å². The van der Waals surface area contributed by atoms with E-state index in [0.717, 1.165) is 25.6 Å². The van der Waals surface area contributed by atoms with Gasteiger partial charge < -0.3 is 5.73 Å². The van der Waals surface area contributed by atoms with E-state index < -0.39 is 0 Å². The highest BCUT2D eigenvalue weighted by Crippen LogP contribution is 2.25. The zero-order valence-electron chi connectivity index (χ0n) is 9.97. The number of amidine groups is 1. The second-order valence-electron chi connectivity index (χ2n) is 4.19. The first-order valence-electron chi connectivity index (χ1n) is 5.73. The Kier molecular flexibility index (Phi) is 2.98. The van der Waals surface area contributed by atoms with Gasteiger partial charge in [-0.1, -0.05) is 24.3 Å². The van der Waals surface area contributed by atoms with Crippen molar-refractivity contribution in [2.75, 3.05) is 0 Å². The van der Waals surface area contributed by atoms with Crippen molar-refractivity contribution in [3.05, 3.63) is 57.9 Å². The summed E-state index contributed by atoms with van der Waals surface area (Å²) in [4.78, 5) is 0. The summed E-state index contributed by atoms with van der Waals surface area (Å²) in [6, 6.07) is 11.7. The van der Waals surface area contributed by atoms with Crippen LogP contribution in [0.1, 0.15) is 5.56 Å². The van der Waals surface area contributed by atoms with E-state index in [-0.39, 0.29) is 5.84 Å². The van der Waals surface area contributed by atoms with E-state index in [0.29, 0.717) is 0 Å². The number of nitrogens with one attached hydrogen (secondary N) is 1. The molecule has 0 spiro atoms. The minimum Gasteiger partial charge on any atom is -0.384 e. The highest BCUT2D eigenvalue weighted by molar-refractivity contribution is 14.1. The van der Waals surface area contributed by atoms with Crippen molar-refractivity contribution in [1.29, 1.82) is 5.41 Å². The lowest BCUT2D eigenvalue weighted by Gasteiger charge is -2.10. The van der Waals surface area contributed by atoms with Crippen LogP contribution in [0.4, 0.5) is 0 Å². The van der Waals surface area contributed by atoms with Gasteiger partial charge in [0.05, 0.1) is 15.5 Å². The monoisotopic (exact) mass is 362 g/mol. The Hall–Kier alpha value is -1.89. The smallest absolute Gasteiger partial charge is 0.123 e. The van der Waals surface area contributed by atoms with Crippen LogP contribution >= 0.6 is 22.6 Å². The van der Waals surface area contributed by atoms with Crippen molar-refractivity contribution in [3.63, 3.8) is 0 Å². The number of nitrogens with two attached hydrogens (primary N) is 1. The summed E-state index contributed by atoms with van der Waals surface area (Å²) in [6.45, 7) is 0. The largest absolute Gasteiger partial charge is 0.384 e. The lowest BCUT2D eigenvalue weighted by atomic mass is 10.0. The predicted octanol–water partition coefficient (Wildman–Crippen LogP) is 2.91. The van der Waals surface area contributed by atoms with Gasteiger partial charge in [-0.05, 0) is 40.1 Å². The van der Waals surface area contributed by atoms with Crippen LogP contribution in [-0.4, -0.2) is 15.6 Å². The van der Waals surface area contributed by atoms with E-state index in [1.807, 2.05) is 53.5 Å². The zero-order valence-corrected chi connectivity index (χ0v) is 12.1. The molecule has 3 N–H and O–H groups in total. The van der Waals surface area contributed by atoms with Gasteiger partial charge in [0.1, 0.15) is 5.84 Å². The van der Waals surface area contributed by atoms with Crippen LogP contribution in [0.25, 0.3) is 16.5 Å². The molecular weight excluding hydrogens is 351 g/mol. The van der Waals surface area contributed by atoms with Gasteiger partial charge in [-0.2, -0.15) is 5.10 Å². The lowest BCUT2D eigenvalue weighted by Crippen LogP contribution is -2.12. The van der Waals surface area contributed by atoms with E-state index in [9.17, 15) is 0 Å². The van der Waals surface area contributed by atoms with Crippen LogP contribution in [0.2, 0.25) is 0 Å². The number of hydrogen-bond donors (Lipinski definition) is 2. The molecule has 94 valence electrons. The molecule has 2 aromatic carbocycles. The standard InChI is InChI=1S/C14H11IN4/c15-9-7-18-19(8-9)13-6-5-12(14(16)17)10-3-1-2-4-11(10)13/h1-8H,(H3,16,17). The molecule has 0 saturated carbocycles. The SMILES string of the molecule is N=C(N)c1ccc(-n2cc(I)cn2)c2ccccc12. The van der Waals surface area contributed by atoms with Crippen molar-refractivity contribution < 1.29 is 0 Å². The second-order valence-corrected chi connectivity index (χ2v) is 5.44. The van der Waals surface area contributed by atoms with Crippen molar-refractivity contribution in [2.45, 2.75) is 0 Å². The minimum atomic E-state index is 0.0813. The Labute approximate surface area is 123 Å². The van der Waals surface area contributed by atoms with Crippen molar-refractivity contribution in [1.82, 2.24) is 9.78 Å². The molecule has 5 heteroatoms. The molecule has 0 amide bonds. The molecule has 0 atom stereocenters. The Morgan fingerprint density at radius 1 is 1.16 bits per heavy atom. The van der Waals surface area contributed by atoms with Crippen LogP contribution < -0.4 is 5.73 Å². The third kappa shape index (κ3) is 2.10. The average molecular weight is 362 g/mol. The van der Waals surface area contributed by atoms with E-state index in [1.165, 1.54) is 0 Å². The van der Waals surface area contributed by atoms with E-state index in [1.54, 1.807) is 0 Å². The summed E-state index contributed by atoms with van der Waals surface area (Å²) in [7, 11) is 0. The van der Waals surface area contributed by atoms with Gasteiger partial charge in [0.2, 0.25) is 0 Å². The number of rotatable bonds is 2. The van der Waals surface area contributed by atoms with Gasteiger partial charge in [-0.3, -0.25) is 5.41 Å². The van der Waals surface area contributed by atoms with Gasteiger partial charge >= 0.3 is 0 Å². The number of aromatic nitrogens is 2. The fourth-order valence-electron chi connectivity index (χ4n) is 2.15. The summed E-state index contributed by atoms with van der Waals surface area (Å²) in [5.74, 6) is 0.0813. The second kappa shape index (κ2) is 4.65. The first-order valence-corrected chi connectivity index (χ1v) is 6.81. The molecule has 0 radical (unpaired) electrons. The molecule has 4 nitrogen and oxygen atoms in total. The fourth-order valence-corrected chi connectivity index (χ4v) is 2.54. The third-order valence-corrected chi connectivity index (χ3v) is 3.55. The van der Waals surface area contributed by atoms with Crippen molar-refractivity contribution >= 4 is 39.2 Å². The topological polar surface area (TPSA) is 67.7 Å². The third-order valence-electron chi connectivity index (χ3n) is 2.99. The average Bonchev–Trinajstić information content (AvgIpc) is 2.83. The molecule has 3 aromatic rings. The molecule has 19 heavy (non-hydrogen) atoms. The van der Waals surface area contributed by atoms with Crippen molar-refractivity contribution in [2.24, 2.45) is 5.73 Å². The Balaban J connectivity index is 2.34. The summed E-state index contributed by atoms with van der Waals surface area (Å²) in [5.41, 5.74) is 7.37. The lowest BCUT2D eigenvalue weighted by molar-refractivity contribution is 0.887. The minimum absolute atomic E-state index is 0.0813. The van der Waals surface area contributed by atoms with Gasteiger partial charge in [-0.15, -0.1) is 0 Å². The summed E-state index contributed by atoms with van der Waals surface area (Å²) in [6.07, 6.45) is 3.78. The fraction of sp³-hybridized carbons (Fsp3) is 0. The van der Waals surface area contributed by atoms with Gasteiger partial charge in [0, 0.05) is 17.1 Å². The molecule has 0 saturated heterocycles. The molecule has 1 heterocycles. The number of hydrogen-bond acceptors (Lipinski definition) is 2. The van der Waals surface area contributed by atoms with Gasteiger partial charge in [0.25, 0.3) is 0 Å². The van der Waals surface area contributed by atoms with Crippen molar-refractivity contribution in [3.8, 4) is 5.69 Å². The highest BCUT2D eigenvalue weighted by atomic mass is 127. The number of nitrogens with zero attached hydrogens (tertiary/aromatic N) is 2. The summed E-state index contributed by atoms with van der Waals surface area (Å²) < 4.78 is 2.92. The normalized spacial score (nSPS) is 10.8. The molecule has 0 unspecified atom stereocenters. The molecule has 1 aromatic heterocycles. The highest BCUT2D eigenvalue weighted by Gasteiger charge is 2.09. The molecule has 0 aliphatic heterocycles. The Morgan fingerprint density at radius 3 is 2.53 bits per heavy atom. The van der Waals surface area contributed by atoms with Crippen LogP contribution in [0, 0.1) is 8.98 Å². The van der Waals surface area contributed by atoms with E-state index in [4.69, 9.17) is 11.1 Å². The molecule has 0 aliphatic carbocycles. The Morgan fingerprint density at radius 2 is 1.89 bits per heavy atom. The van der Waals surface area contributed by atoms with Gasteiger partial charge in [-0.25, -0.2) is 4.68 Å². The summed E-state index contributed by atoms with van der Waals surface area (Å²) >= 11 is 2.23. The Bertz CT molecular complexity index is 776. The maximum atomic E-state index is 7.65. The predicted molar refractivity (Wildman–Crippen MR) is 84.8 cm³/mol. The quantitative estimate of drug-likeness (QED) is 0.418. The number of halogens is 1. The number of nitrogen functional groups attached to an aromatic ring is 1. The molecule has 0 fully saturated rings. The van der Waals surface area contributed by atoms with Crippen LogP contribution in [0.5, 0.6) is 0 Å². The van der Waals surface area contributed by atoms with E-state index in [2.05, 4.69) is 27.7 Å². The first kappa shape index (κ1) is 12.2. The zero-order chi connectivity index (χ0) is 13.4. The number of benzene rings is 2. The first-order chi connectivity index (χ1) is 9.16. The maximum absolute atomic E-state index is 7.65.